The minimum atomic E-state index is -1.43. The Morgan fingerprint density at radius 2 is 1.95 bits per heavy atom. The van der Waals surface area contributed by atoms with Crippen LogP contribution < -0.4 is 5.32 Å². The Balaban J connectivity index is 2.23. The third-order valence-corrected chi connectivity index (χ3v) is 3.26. The van der Waals surface area contributed by atoms with Gasteiger partial charge in [0.1, 0.15) is 0 Å². The molecule has 3 rings (SSSR count). The van der Waals surface area contributed by atoms with Crippen molar-refractivity contribution in [2.75, 3.05) is 5.32 Å². The van der Waals surface area contributed by atoms with Crippen molar-refractivity contribution < 1.29 is 9.90 Å². The Morgan fingerprint density at radius 3 is 2.70 bits per heavy atom. The number of nitrogens with one attached hydrogen (secondary N) is 1. The van der Waals surface area contributed by atoms with Gasteiger partial charge in [0.15, 0.2) is 0 Å². The summed E-state index contributed by atoms with van der Waals surface area (Å²) in [7, 11) is 0. The third kappa shape index (κ3) is 2.31. The summed E-state index contributed by atoms with van der Waals surface area (Å²) in [6.07, 6.45) is -1.43. The Bertz CT molecular complexity index is 698. The molecule has 1 heterocycles. The van der Waals surface area contributed by atoms with Gasteiger partial charge in [-0.3, -0.25) is 4.79 Å². The third-order valence-electron chi connectivity index (χ3n) is 3.03. The normalized spacial score (nSPS) is 17.8. The van der Waals surface area contributed by atoms with E-state index in [1.165, 1.54) is 0 Å². The minimum Gasteiger partial charge on any atom is -0.364 e. The van der Waals surface area contributed by atoms with Gasteiger partial charge in [-0.2, -0.15) is 0 Å². The number of aliphatic imine (C=N–C) groups is 1. The molecule has 0 fully saturated rings. The van der Waals surface area contributed by atoms with Gasteiger partial charge in [-0.05, 0) is 18.2 Å². The fraction of sp³-hybridized carbons (Fsp3) is 0.0667. The maximum atomic E-state index is 11.7. The summed E-state index contributed by atoms with van der Waals surface area (Å²) in [6, 6.07) is 14.5. The molecule has 0 radical (unpaired) electrons. The Labute approximate surface area is 120 Å². The molecule has 2 aromatic rings. The van der Waals surface area contributed by atoms with Crippen molar-refractivity contribution in [3.8, 4) is 0 Å². The highest BCUT2D eigenvalue weighted by atomic mass is 35.5. The van der Waals surface area contributed by atoms with Crippen molar-refractivity contribution in [1.29, 1.82) is 0 Å². The lowest BCUT2D eigenvalue weighted by Crippen LogP contribution is -2.24. The lowest BCUT2D eigenvalue weighted by atomic mass is 10.0. The van der Waals surface area contributed by atoms with Gasteiger partial charge < -0.3 is 10.4 Å². The van der Waals surface area contributed by atoms with E-state index >= 15 is 0 Å². The number of fused-ring (bicyclic) bond motifs is 1. The van der Waals surface area contributed by atoms with Gasteiger partial charge in [0.25, 0.3) is 5.91 Å². The fourth-order valence-corrected chi connectivity index (χ4v) is 2.27. The van der Waals surface area contributed by atoms with Gasteiger partial charge in [-0.1, -0.05) is 41.9 Å². The second-order valence-electron chi connectivity index (χ2n) is 4.40. The zero-order valence-electron chi connectivity index (χ0n) is 10.4. The maximum absolute atomic E-state index is 11.7. The number of anilines is 1. The lowest BCUT2D eigenvalue weighted by molar-refractivity contribution is -0.123. The molecule has 1 aliphatic heterocycles. The molecule has 2 N–H and O–H groups in total. The van der Waals surface area contributed by atoms with Crippen molar-refractivity contribution in [2.45, 2.75) is 6.23 Å². The second-order valence-corrected chi connectivity index (χ2v) is 4.83. The topological polar surface area (TPSA) is 61.7 Å². The molecule has 0 aromatic heterocycles. The second kappa shape index (κ2) is 5.07. The van der Waals surface area contributed by atoms with Crippen LogP contribution in [0, 0.1) is 0 Å². The molecule has 2 aromatic carbocycles. The average molecular weight is 289 g/mol. The highest BCUT2D eigenvalue weighted by molar-refractivity contribution is 6.32. The summed E-state index contributed by atoms with van der Waals surface area (Å²) in [5.74, 6) is -0.556. The first-order valence-electron chi connectivity index (χ1n) is 6.07. The molecule has 0 spiro atoms. The number of aliphatic hydroxyl groups excluding tert-OH is 1. The molecule has 5 heteroatoms. The van der Waals surface area contributed by atoms with E-state index in [2.05, 4.69) is 10.3 Å². The Kier molecular flexibility index (Phi) is 3.26. The number of benzene rings is 2. The van der Waals surface area contributed by atoms with Crippen molar-refractivity contribution >= 4 is 28.9 Å². The van der Waals surface area contributed by atoms with Crippen LogP contribution in [-0.4, -0.2) is 23.0 Å². The standard InChI is InChI=1S/C15H11ClN2O2/c16-10-6-7-12-11(8-10)13(9-4-2-1-3-5-9)18-15(20)14(19)17-12/h1-8,15,20H,(H,17,19)/i14+2. The van der Waals surface area contributed by atoms with Crippen LogP contribution in [0.3, 0.4) is 0 Å². The van der Waals surface area contributed by atoms with Crippen LogP contribution in [0.15, 0.2) is 53.5 Å². The van der Waals surface area contributed by atoms with E-state index in [1.807, 2.05) is 30.3 Å². The molecular weight excluding hydrogens is 278 g/mol. The molecule has 0 bridgehead atoms. The fourth-order valence-electron chi connectivity index (χ4n) is 2.10. The van der Waals surface area contributed by atoms with E-state index in [-0.39, 0.29) is 0 Å². The van der Waals surface area contributed by atoms with Crippen LogP contribution in [0.2, 0.25) is 5.02 Å². The summed E-state index contributed by atoms with van der Waals surface area (Å²) >= 11 is 6.03. The van der Waals surface area contributed by atoms with E-state index < -0.39 is 12.1 Å². The molecule has 1 amide bonds. The van der Waals surface area contributed by atoms with Crippen LogP contribution in [0.1, 0.15) is 11.1 Å². The molecule has 1 aliphatic rings. The van der Waals surface area contributed by atoms with Gasteiger partial charge in [0.2, 0.25) is 6.23 Å². The number of benzodiazepines with no additional fused rings is 1. The number of aliphatic hydroxyl groups is 1. The van der Waals surface area contributed by atoms with Crippen molar-refractivity contribution in [3.63, 3.8) is 0 Å². The number of hydrogen-bond donors (Lipinski definition) is 2. The molecule has 4 nitrogen and oxygen atoms in total. The van der Waals surface area contributed by atoms with E-state index in [1.54, 1.807) is 18.2 Å². The molecule has 0 aliphatic carbocycles. The number of carbonyl (C=O) groups is 1. The summed E-state index contributed by atoms with van der Waals surface area (Å²) in [5.41, 5.74) is 2.62. The number of carbonyl (C=O) groups excluding carboxylic acids is 1. The van der Waals surface area contributed by atoms with Gasteiger partial charge in [0.05, 0.1) is 11.4 Å². The molecule has 0 saturated carbocycles. The van der Waals surface area contributed by atoms with Gasteiger partial charge in [0, 0.05) is 16.1 Å². The largest absolute Gasteiger partial charge is 0.364 e. The first kappa shape index (κ1) is 12.8. The van der Waals surface area contributed by atoms with Crippen LogP contribution >= 0.6 is 11.6 Å². The number of halogens is 1. The van der Waals surface area contributed by atoms with E-state index in [0.717, 1.165) is 5.56 Å². The highest BCUT2D eigenvalue weighted by Gasteiger charge is 2.23. The number of nitrogens with zero attached hydrogens (tertiary/aromatic N) is 1. The summed E-state index contributed by atoms with van der Waals surface area (Å²) in [4.78, 5) is 15.8. The smallest absolute Gasteiger partial charge is 0.276 e. The zero-order chi connectivity index (χ0) is 14.1. The average Bonchev–Trinajstić information content (AvgIpc) is 2.58. The van der Waals surface area contributed by atoms with E-state index in [4.69, 9.17) is 11.6 Å². The lowest BCUT2D eigenvalue weighted by Gasteiger charge is -2.10. The molecule has 100 valence electrons. The maximum Gasteiger partial charge on any atom is 0.276 e. The van der Waals surface area contributed by atoms with Crippen molar-refractivity contribution in [3.05, 3.63) is 64.7 Å². The number of amides is 1. The predicted octanol–water partition coefficient (Wildman–Crippen LogP) is 2.45. The van der Waals surface area contributed by atoms with Gasteiger partial charge in [-0.15, -0.1) is 0 Å². The van der Waals surface area contributed by atoms with Gasteiger partial charge >= 0.3 is 0 Å². The molecule has 1 unspecified atom stereocenters. The van der Waals surface area contributed by atoms with Crippen LogP contribution in [0.5, 0.6) is 0 Å². The van der Waals surface area contributed by atoms with Gasteiger partial charge in [-0.25, -0.2) is 4.99 Å². The molecule has 20 heavy (non-hydrogen) atoms. The first-order valence-corrected chi connectivity index (χ1v) is 6.45. The van der Waals surface area contributed by atoms with Crippen LogP contribution in [0.4, 0.5) is 5.69 Å². The van der Waals surface area contributed by atoms with E-state index in [9.17, 15) is 9.90 Å². The first-order chi connectivity index (χ1) is 9.65. The summed E-state index contributed by atoms with van der Waals surface area (Å²) in [5, 5.41) is 13.0. The predicted molar refractivity (Wildman–Crippen MR) is 78.2 cm³/mol. The Hall–Kier alpha value is -2.17. The van der Waals surface area contributed by atoms with Crippen LogP contribution in [-0.2, 0) is 4.79 Å². The Morgan fingerprint density at radius 1 is 1.20 bits per heavy atom. The number of rotatable bonds is 1. The van der Waals surface area contributed by atoms with Crippen LogP contribution in [0.25, 0.3) is 0 Å². The SMILES string of the molecule is O=[14C]1Nc2ccc(Cl)cc2C(c2ccccc2)=NC1O. The summed E-state index contributed by atoms with van der Waals surface area (Å²) < 4.78 is 0. The molecule has 0 saturated heterocycles. The van der Waals surface area contributed by atoms with Crippen molar-refractivity contribution in [1.82, 2.24) is 0 Å². The minimum absolute atomic E-state index is 0.536. The molecule has 1 atom stereocenters. The molecular formula is C15H11ClN2O2. The monoisotopic (exact) mass is 288 g/mol. The quantitative estimate of drug-likeness (QED) is 0.847. The highest BCUT2D eigenvalue weighted by Crippen LogP contribution is 2.26. The zero-order valence-corrected chi connectivity index (χ0v) is 11.1. The van der Waals surface area contributed by atoms with Crippen molar-refractivity contribution in [2.24, 2.45) is 4.99 Å². The number of hydrogen-bond acceptors (Lipinski definition) is 3. The summed E-state index contributed by atoms with van der Waals surface area (Å²) in [6.45, 7) is 0. The van der Waals surface area contributed by atoms with E-state index in [0.29, 0.717) is 22.0 Å².